The van der Waals surface area contributed by atoms with Crippen molar-refractivity contribution in [3.05, 3.63) is 17.5 Å². The van der Waals surface area contributed by atoms with E-state index in [0.29, 0.717) is 18.2 Å². The molecule has 2 N–H and O–H groups in total. The average Bonchev–Trinajstić information content (AvgIpc) is 2.10. The van der Waals surface area contributed by atoms with Crippen molar-refractivity contribution in [2.75, 3.05) is 18.0 Å². The first-order valence-corrected chi connectivity index (χ1v) is 4.75. The van der Waals surface area contributed by atoms with Crippen molar-refractivity contribution in [2.45, 2.75) is 6.04 Å². The molecule has 1 aliphatic rings. The Balaban J connectivity index is 1.92. The normalized spacial score (nSPS) is 15.9. The molecule has 0 spiro atoms. The fraction of sp³-hybridized carbons (Fsp3) is 0.375. The van der Waals surface area contributed by atoms with Gasteiger partial charge in [0, 0.05) is 19.2 Å². The number of rotatable bonds is 2. The lowest BCUT2D eigenvalue weighted by atomic mass is 10.1. The molecule has 15 heavy (non-hydrogen) atoms. The fourth-order valence-electron chi connectivity index (χ4n) is 1.43. The second kappa shape index (κ2) is 3.90. The number of hydrogen-bond acceptors (Lipinski definition) is 4. The maximum Gasteiger partial charge on any atom is 0.405 e. The van der Waals surface area contributed by atoms with E-state index in [1.165, 1.54) is 6.33 Å². The van der Waals surface area contributed by atoms with Gasteiger partial charge in [-0.05, 0) is 0 Å². The fourth-order valence-corrected chi connectivity index (χ4v) is 1.57. The quantitative estimate of drug-likeness (QED) is 0.725. The number of hydrogen-bond donors (Lipinski definition) is 2. The number of halogens is 1. The predicted octanol–water partition coefficient (Wildman–Crippen LogP) is 0.586. The molecule has 0 unspecified atom stereocenters. The summed E-state index contributed by atoms with van der Waals surface area (Å²) in [6.45, 7) is 1.22. The summed E-state index contributed by atoms with van der Waals surface area (Å²) in [7, 11) is 0. The van der Waals surface area contributed by atoms with Crippen LogP contribution in [-0.2, 0) is 0 Å². The Labute approximate surface area is 90.9 Å². The van der Waals surface area contributed by atoms with Gasteiger partial charge in [-0.25, -0.2) is 14.8 Å². The molecule has 0 aromatic carbocycles. The van der Waals surface area contributed by atoms with E-state index in [2.05, 4.69) is 15.3 Å². The zero-order valence-corrected chi connectivity index (χ0v) is 8.48. The highest BCUT2D eigenvalue weighted by Gasteiger charge is 2.28. The Morgan fingerprint density at radius 3 is 2.93 bits per heavy atom. The minimum atomic E-state index is -1.000. The van der Waals surface area contributed by atoms with Gasteiger partial charge in [-0.3, -0.25) is 0 Å². The van der Waals surface area contributed by atoms with Crippen molar-refractivity contribution in [1.29, 1.82) is 0 Å². The number of anilines is 1. The van der Waals surface area contributed by atoms with Crippen LogP contribution in [0.3, 0.4) is 0 Å². The maximum absolute atomic E-state index is 10.3. The van der Waals surface area contributed by atoms with E-state index in [-0.39, 0.29) is 6.04 Å². The first-order chi connectivity index (χ1) is 7.15. The standard InChI is InChI=1S/C8H9ClN4O2/c9-6-1-7(11-4-10-6)13-2-5(3-13)12-8(14)15/h1,4-5,12H,2-3H2,(H,14,15). The molecule has 0 bridgehead atoms. The molecular formula is C8H9ClN4O2. The van der Waals surface area contributed by atoms with Crippen molar-refractivity contribution in [1.82, 2.24) is 15.3 Å². The van der Waals surface area contributed by atoms with Gasteiger partial charge in [0.2, 0.25) is 0 Å². The molecule has 0 saturated carbocycles. The molecule has 0 aliphatic carbocycles. The van der Waals surface area contributed by atoms with Gasteiger partial charge in [-0.1, -0.05) is 11.6 Å². The second-order valence-electron chi connectivity index (χ2n) is 3.25. The third-order valence-electron chi connectivity index (χ3n) is 2.15. The highest BCUT2D eigenvalue weighted by molar-refractivity contribution is 6.29. The SMILES string of the molecule is O=C(O)NC1CN(c2cc(Cl)ncn2)C1. The molecule has 0 radical (unpaired) electrons. The van der Waals surface area contributed by atoms with Gasteiger partial charge < -0.3 is 15.3 Å². The van der Waals surface area contributed by atoms with Gasteiger partial charge >= 0.3 is 6.09 Å². The number of nitrogens with one attached hydrogen (secondary N) is 1. The minimum absolute atomic E-state index is 0.0313. The molecular weight excluding hydrogens is 220 g/mol. The zero-order valence-electron chi connectivity index (χ0n) is 7.72. The summed E-state index contributed by atoms with van der Waals surface area (Å²) in [4.78, 5) is 20.0. The van der Waals surface area contributed by atoms with E-state index in [1.54, 1.807) is 6.07 Å². The monoisotopic (exact) mass is 228 g/mol. The Morgan fingerprint density at radius 1 is 1.60 bits per heavy atom. The molecule has 1 aliphatic heterocycles. The summed E-state index contributed by atoms with van der Waals surface area (Å²) in [5, 5.41) is 11.2. The van der Waals surface area contributed by atoms with Crippen molar-refractivity contribution in [3.63, 3.8) is 0 Å². The number of aromatic nitrogens is 2. The zero-order chi connectivity index (χ0) is 10.8. The van der Waals surface area contributed by atoms with Gasteiger partial charge in [0.1, 0.15) is 17.3 Å². The third kappa shape index (κ3) is 2.27. The van der Waals surface area contributed by atoms with Crippen LogP contribution in [0, 0.1) is 0 Å². The van der Waals surface area contributed by atoms with Crippen LogP contribution in [0.4, 0.5) is 10.6 Å². The van der Waals surface area contributed by atoms with Gasteiger partial charge in [-0.15, -0.1) is 0 Å². The van der Waals surface area contributed by atoms with Crippen LogP contribution in [0.15, 0.2) is 12.4 Å². The highest BCUT2D eigenvalue weighted by Crippen LogP contribution is 2.19. The minimum Gasteiger partial charge on any atom is -0.465 e. The molecule has 6 nitrogen and oxygen atoms in total. The molecule has 1 aromatic heterocycles. The molecule has 80 valence electrons. The number of carbonyl (C=O) groups is 1. The summed E-state index contributed by atoms with van der Waals surface area (Å²) in [6.07, 6.45) is 0.385. The Hall–Kier alpha value is -1.56. The smallest absolute Gasteiger partial charge is 0.405 e. The van der Waals surface area contributed by atoms with Crippen LogP contribution < -0.4 is 10.2 Å². The van der Waals surface area contributed by atoms with Crippen molar-refractivity contribution in [2.24, 2.45) is 0 Å². The van der Waals surface area contributed by atoms with Gasteiger partial charge in [0.05, 0.1) is 6.04 Å². The third-order valence-corrected chi connectivity index (χ3v) is 2.36. The van der Waals surface area contributed by atoms with E-state index in [1.807, 2.05) is 4.90 Å². The topological polar surface area (TPSA) is 78.4 Å². The molecule has 1 fully saturated rings. The lowest BCUT2D eigenvalue weighted by Crippen LogP contribution is -2.59. The lowest BCUT2D eigenvalue weighted by Gasteiger charge is -2.39. The molecule has 2 heterocycles. The average molecular weight is 229 g/mol. The molecule has 1 saturated heterocycles. The van der Waals surface area contributed by atoms with E-state index in [0.717, 1.165) is 5.82 Å². The molecule has 1 aromatic rings. The van der Waals surface area contributed by atoms with Gasteiger partial charge in [-0.2, -0.15) is 0 Å². The summed E-state index contributed by atoms with van der Waals surface area (Å²) >= 11 is 5.70. The van der Waals surface area contributed by atoms with Crippen molar-refractivity contribution >= 4 is 23.5 Å². The first kappa shape index (κ1) is 9.97. The number of carboxylic acid groups (broad SMARTS) is 1. The number of amides is 1. The van der Waals surface area contributed by atoms with E-state index in [4.69, 9.17) is 16.7 Å². The second-order valence-corrected chi connectivity index (χ2v) is 3.64. The van der Waals surface area contributed by atoms with Gasteiger partial charge in [0.15, 0.2) is 0 Å². The van der Waals surface area contributed by atoms with Crippen LogP contribution in [0.1, 0.15) is 0 Å². The van der Waals surface area contributed by atoms with E-state index >= 15 is 0 Å². The Morgan fingerprint density at radius 2 is 2.33 bits per heavy atom. The lowest BCUT2D eigenvalue weighted by molar-refractivity contribution is 0.187. The van der Waals surface area contributed by atoms with Crippen LogP contribution in [-0.4, -0.2) is 40.3 Å². The number of nitrogens with zero attached hydrogens (tertiary/aromatic N) is 3. The maximum atomic E-state index is 10.3. The van der Waals surface area contributed by atoms with Crippen LogP contribution in [0.25, 0.3) is 0 Å². The molecule has 1 amide bonds. The van der Waals surface area contributed by atoms with Gasteiger partial charge in [0.25, 0.3) is 0 Å². The van der Waals surface area contributed by atoms with E-state index < -0.39 is 6.09 Å². The van der Waals surface area contributed by atoms with Crippen molar-refractivity contribution < 1.29 is 9.90 Å². The van der Waals surface area contributed by atoms with Crippen molar-refractivity contribution in [3.8, 4) is 0 Å². The molecule has 7 heteroatoms. The first-order valence-electron chi connectivity index (χ1n) is 4.37. The highest BCUT2D eigenvalue weighted by atomic mass is 35.5. The van der Waals surface area contributed by atoms with Crippen LogP contribution in [0.5, 0.6) is 0 Å². The van der Waals surface area contributed by atoms with E-state index in [9.17, 15) is 4.79 Å². The molecule has 0 atom stereocenters. The summed E-state index contributed by atoms with van der Waals surface area (Å²) in [5.74, 6) is 0.721. The Kier molecular flexibility index (Phi) is 2.59. The largest absolute Gasteiger partial charge is 0.465 e. The van der Waals surface area contributed by atoms with Crippen LogP contribution in [0.2, 0.25) is 5.15 Å². The van der Waals surface area contributed by atoms with Crippen LogP contribution >= 0.6 is 11.6 Å². The summed E-state index contributed by atoms with van der Waals surface area (Å²) < 4.78 is 0. The summed E-state index contributed by atoms with van der Waals surface area (Å²) in [6, 6.07) is 1.62. The predicted molar refractivity (Wildman–Crippen MR) is 54.2 cm³/mol. The Bertz CT molecular complexity index is 381. The summed E-state index contributed by atoms with van der Waals surface area (Å²) in [5.41, 5.74) is 0. The molecule has 2 rings (SSSR count).